The Kier molecular flexibility index (Phi) is 6.16. The molecule has 0 fully saturated rings. The molecule has 0 N–H and O–H groups in total. The van der Waals surface area contributed by atoms with Crippen molar-refractivity contribution in [3.8, 4) is 11.1 Å². The van der Waals surface area contributed by atoms with Crippen LogP contribution in [0.2, 0.25) is 0 Å². The third-order valence-corrected chi connectivity index (χ3v) is 3.90. The zero-order valence-corrected chi connectivity index (χ0v) is 14.7. The molecule has 0 saturated heterocycles. The molecular weight excluding hydrogens is 457 g/mol. The predicted octanol–water partition coefficient (Wildman–Crippen LogP) is 6.57. The van der Waals surface area contributed by atoms with Gasteiger partial charge >= 0.3 is 30.2 Å². The van der Waals surface area contributed by atoms with E-state index in [0.717, 1.165) is 12.1 Å². The van der Waals surface area contributed by atoms with Gasteiger partial charge in [-0.25, -0.2) is 0 Å². The van der Waals surface area contributed by atoms with Crippen LogP contribution in [0.15, 0.2) is 54.6 Å². The first kappa shape index (κ1) is 24.6. The summed E-state index contributed by atoms with van der Waals surface area (Å²) < 4.78 is 144. The van der Waals surface area contributed by atoms with Crippen molar-refractivity contribution in [2.75, 3.05) is 0 Å². The van der Waals surface area contributed by atoms with Gasteiger partial charge in [0.2, 0.25) is 5.78 Å². The molecule has 0 heterocycles. The highest BCUT2D eigenvalue weighted by atomic mass is 19.4. The van der Waals surface area contributed by atoms with Gasteiger partial charge < -0.3 is 0 Å². The molecule has 2 aromatic rings. The Morgan fingerprint density at radius 2 is 1.06 bits per heavy atom. The molecule has 0 bridgehead atoms. The minimum Gasteiger partial charge on any atom is -0.287 e. The Bertz CT molecular complexity index is 918. The lowest BCUT2D eigenvalue weighted by Crippen LogP contribution is -2.61. The molecule has 2 aromatic carbocycles. The molecule has 170 valence electrons. The third-order valence-electron chi connectivity index (χ3n) is 3.90. The summed E-state index contributed by atoms with van der Waals surface area (Å²) in [5.74, 6) is -16.4. The van der Waals surface area contributed by atoms with E-state index in [1.807, 2.05) is 0 Å². The maximum Gasteiger partial charge on any atom is 0.462 e. The van der Waals surface area contributed by atoms with Gasteiger partial charge in [0.25, 0.3) is 0 Å². The van der Waals surface area contributed by atoms with Gasteiger partial charge in [0.15, 0.2) is 0 Å². The van der Waals surface area contributed by atoms with Gasteiger partial charge in [-0.2, -0.15) is 48.3 Å². The van der Waals surface area contributed by atoms with Crippen LogP contribution >= 0.6 is 0 Å². The lowest BCUT2D eigenvalue weighted by molar-refractivity contribution is -0.470. The number of Topliss-reactive ketones (excluding diaryl/α,β-unsaturated/α-hetero) is 1. The summed E-state index contributed by atoms with van der Waals surface area (Å²) in [4.78, 5) is 11.9. The molecule has 0 spiro atoms. The highest BCUT2D eigenvalue weighted by molar-refractivity contribution is 6.02. The molecule has 0 aromatic heterocycles. The van der Waals surface area contributed by atoms with Crippen LogP contribution in [0.1, 0.15) is 10.4 Å². The van der Waals surface area contributed by atoms with Crippen LogP contribution in [0.4, 0.5) is 48.3 Å². The van der Waals surface area contributed by atoms with Crippen molar-refractivity contribution in [2.24, 2.45) is 0 Å². The van der Waals surface area contributed by atoms with Crippen molar-refractivity contribution in [1.82, 2.24) is 0 Å². The minimum absolute atomic E-state index is 0.281. The van der Waals surface area contributed by atoms with E-state index >= 15 is 0 Å². The first-order valence-electron chi connectivity index (χ1n) is 7.92. The summed E-state index contributed by atoms with van der Waals surface area (Å²) in [6.07, 6.45) is -20.9. The number of alkyl halides is 11. The summed E-state index contributed by atoms with van der Waals surface area (Å²) in [6.45, 7) is 0. The van der Waals surface area contributed by atoms with Crippen LogP contribution in [-0.2, 0) is 4.74 Å². The van der Waals surface area contributed by atoms with E-state index < -0.39 is 41.6 Å². The third kappa shape index (κ3) is 4.50. The van der Waals surface area contributed by atoms with Crippen molar-refractivity contribution in [1.29, 1.82) is 0 Å². The fourth-order valence-electron chi connectivity index (χ4n) is 2.27. The van der Waals surface area contributed by atoms with Gasteiger partial charge in [-0.05, 0) is 11.1 Å². The number of carbonyl (C=O) groups excluding carboxylic acids is 1. The average Bonchev–Trinajstić information content (AvgIpc) is 2.66. The van der Waals surface area contributed by atoms with E-state index in [1.54, 1.807) is 18.2 Å². The number of ketones is 1. The molecule has 0 aliphatic rings. The van der Waals surface area contributed by atoms with Crippen LogP contribution in [0.25, 0.3) is 11.1 Å². The van der Waals surface area contributed by atoms with E-state index in [0.29, 0.717) is 17.7 Å². The number of halogens is 11. The first-order chi connectivity index (χ1) is 13.9. The number of ether oxygens (including phenoxy) is 1. The quantitative estimate of drug-likeness (QED) is 0.356. The molecule has 1 unspecified atom stereocenters. The summed E-state index contributed by atoms with van der Waals surface area (Å²) >= 11 is 0. The van der Waals surface area contributed by atoms with E-state index in [-0.39, 0.29) is 5.56 Å². The highest BCUT2D eigenvalue weighted by Crippen LogP contribution is 2.51. The van der Waals surface area contributed by atoms with E-state index in [9.17, 15) is 53.1 Å². The summed E-state index contributed by atoms with van der Waals surface area (Å²) in [6, 6.07) is 10.9. The Morgan fingerprint density at radius 1 is 0.613 bits per heavy atom. The smallest absolute Gasteiger partial charge is 0.287 e. The Balaban J connectivity index is 2.45. The van der Waals surface area contributed by atoms with Crippen molar-refractivity contribution in [3.63, 3.8) is 0 Å². The molecule has 2 nitrogen and oxygen atoms in total. The summed E-state index contributed by atoms with van der Waals surface area (Å²) in [7, 11) is 0. The van der Waals surface area contributed by atoms with Crippen LogP contribution < -0.4 is 0 Å². The number of carbonyl (C=O) groups is 1. The van der Waals surface area contributed by atoms with Crippen molar-refractivity contribution in [2.45, 2.75) is 30.2 Å². The fraction of sp³-hybridized carbons (Fsp3) is 0.278. The Hall–Kier alpha value is -2.70. The van der Waals surface area contributed by atoms with Crippen LogP contribution in [0.3, 0.4) is 0 Å². The molecule has 13 heteroatoms. The molecule has 0 aliphatic heterocycles. The summed E-state index contributed by atoms with van der Waals surface area (Å²) in [5.41, 5.74) is -0.509. The molecule has 2 rings (SSSR count). The van der Waals surface area contributed by atoms with Crippen molar-refractivity contribution < 1.29 is 57.8 Å². The molecule has 0 saturated carbocycles. The van der Waals surface area contributed by atoms with Gasteiger partial charge in [0, 0.05) is 5.56 Å². The molecule has 0 amide bonds. The van der Waals surface area contributed by atoms with Gasteiger partial charge in [-0.1, -0.05) is 54.6 Å². The van der Waals surface area contributed by atoms with E-state index in [2.05, 4.69) is 4.74 Å². The number of hydrogen-bond donors (Lipinski definition) is 0. The maximum absolute atomic E-state index is 14.3. The number of hydrogen-bond acceptors (Lipinski definition) is 2. The summed E-state index contributed by atoms with van der Waals surface area (Å²) in [5, 5.41) is 0. The predicted molar refractivity (Wildman–Crippen MR) is 83.1 cm³/mol. The Labute approximate surface area is 166 Å². The van der Waals surface area contributed by atoms with Gasteiger partial charge in [0.1, 0.15) is 0 Å². The van der Waals surface area contributed by atoms with Crippen molar-refractivity contribution >= 4 is 5.78 Å². The largest absolute Gasteiger partial charge is 0.462 e. The lowest BCUT2D eigenvalue weighted by Gasteiger charge is -2.34. The molecule has 0 radical (unpaired) electrons. The highest BCUT2D eigenvalue weighted by Gasteiger charge is 2.79. The molecule has 31 heavy (non-hydrogen) atoms. The first-order valence-corrected chi connectivity index (χ1v) is 7.92. The van der Waals surface area contributed by atoms with Crippen molar-refractivity contribution in [3.05, 3.63) is 60.2 Å². The average molecular weight is 466 g/mol. The second-order valence-corrected chi connectivity index (χ2v) is 6.06. The lowest BCUT2D eigenvalue weighted by atomic mass is 9.99. The monoisotopic (exact) mass is 466 g/mol. The van der Waals surface area contributed by atoms with Gasteiger partial charge in [-0.15, -0.1) is 0 Å². The standard InChI is InChI=1S/C18H9F11O2/c19-14(16(22,23)24,31-18(28,29)15(20,21)17(25,26)27)13(30)12-8-6-11(7-9-12)10-4-2-1-3-5-10/h1-9H. The second kappa shape index (κ2) is 7.77. The van der Waals surface area contributed by atoms with E-state index in [1.165, 1.54) is 12.1 Å². The minimum atomic E-state index is -7.24. The van der Waals surface area contributed by atoms with Gasteiger partial charge in [0.05, 0.1) is 0 Å². The number of benzene rings is 2. The van der Waals surface area contributed by atoms with E-state index in [4.69, 9.17) is 0 Å². The molecular formula is C18H9F11O2. The topological polar surface area (TPSA) is 26.3 Å². The van der Waals surface area contributed by atoms with Crippen LogP contribution in [0.5, 0.6) is 0 Å². The zero-order chi connectivity index (χ0) is 23.9. The SMILES string of the molecule is O=C(c1ccc(-c2ccccc2)cc1)C(F)(OC(F)(F)C(F)(F)C(F)(F)F)C(F)(F)F. The van der Waals surface area contributed by atoms with Crippen LogP contribution in [0, 0.1) is 0 Å². The molecule has 1 atom stereocenters. The second-order valence-electron chi connectivity index (χ2n) is 6.06. The van der Waals surface area contributed by atoms with Gasteiger partial charge in [-0.3, -0.25) is 9.53 Å². The number of rotatable bonds is 6. The fourth-order valence-corrected chi connectivity index (χ4v) is 2.27. The molecule has 0 aliphatic carbocycles. The maximum atomic E-state index is 14.3. The Morgan fingerprint density at radius 3 is 1.48 bits per heavy atom. The zero-order valence-electron chi connectivity index (χ0n) is 14.7. The van der Waals surface area contributed by atoms with Crippen LogP contribution in [-0.4, -0.2) is 36.0 Å². The normalized spacial score (nSPS) is 15.5.